The first-order valence-corrected chi connectivity index (χ1v) is 11.9. The summed E-state index contributed by atoms with van der Waals surface area (Å²) in [4.78, 5) is 12.2. The Morgan fingerprint density at radius 2 is 2.00 bits per heavy atom. The Morgan fingerprint density at radius 3 is 2.68 bits per heavy atom. The van der Waals surface area contributed by atoms with Crippen molar-refractivity contribution in [2.24, 2.45) is 0 Å². The summed E-state index contributed by atoms with van der Waals surface area (Å²) in [6.07, 6.45) is 2.99. The van der Waals surface area contributed by atoms with Crippen LogP contribution in [0.2, 0.25) is 0 Å². The van der Waals surface area contributed by atoms with Crippen molar-refractivity contribution in [3.8, 4) is 0 Å². The van der Waals surface area contributed by atoms with Crippen LogP contribution in [-0.4, -0.2) is 60.9 Å². The molecule has 0 atom stereocenters. The van der Waals surface area contributed by atoms with E-state index in [1.807, 2.05) is 6.92 Å². The number of aromatic nitrogens is 2. The number of carbonyl (C=O) groups is 1. The molecule has 0 radical (unpaired) electrons. The second-order valence-corrected chi connectivity index (χ2v) is 10.1. The van der Waals surface area contributed by atoms with Crippen LogP contribution in [0.5, 0.6) is 0 Å². The van der Waals surface area contributed by atoms with E-state index in [0.717, 1.165) is 15.7 Å². The number of sulfonamides is 1. The molecule has 1 aliphatic heterocycles. The summed E-state index contributed by atoms with van der Waals surface area (Å²) in [6.45, 7) is 3.54. The molecule has 2 heterocycles. The molecular formula is C17H20N4O4S3. The smallest absolute Gasteiger partial charge is 0.250 e. The fourth-order valence-electron chi connectivity index (χ4n) is 2.45. The first-order chi connectivity index (χ1) is 13.5. The van der Waals surface area contributed by atoms with Crippen molar-refractivity contribution >= 4 is 50.2 Å². The van der Waals surface area contributed by atoms with E-state index in [1.165, 1.54) is 21.7 Å². The number of rotatable bonds is 7. The number of benzene rings is 1. The van der Waals surface area contributed by atoms with Crippen LogP contribution in [0.3, 0.4) is 0 Å². The van der Waals surface area contributed by atoms with Gasteiger partial charge >= 0.3 is 0 Å². The molecule has 1 N–H and O–H groups in total. The van der Waals surface area contributed by atoms with Crippen LogP contribution in [0.4, 0.5) is 5.13 Å². The molecule has 0 bridgehead atoms. The Kier molecular flexibility index (Phi) is 7.18. The van der Waals surface area contributed by atoms with E-state index in [-0.39, 0.29) is 10.8 Å². The van der Waals surface area contributed by atoms with Crippen LogP contribution in [0.25, 0.3) is 6.08 Å². The summed E-state index contributed by atoms with van der Waals surface area (Å²) in [5, 5.41) is 11.0. The highest BCUT2D eigenvalue weighted by molar-refractivity contribution is 8.01. The Morgan fingerprint density at radius 1 is 1.29 bits per heavy atom. The van der Waals surface area contributed by atoms with Crippen LogP contribution in [0.15, 0.2) is 39.6 Å². The SMILES string of the molecule is CCSc1nnc(NC(=O)/C=C/c2ccc(S(=O)(=O)N3CCOCC3)cc2)s1. The monoisotopic (exact) mass is 440 g/mol. The third-order valence-corrected chi connectivity index (χ3v) is 7.59. The van der Waals surface area contributed by atoms with Gasteiger partial charge in [0, 0.05) is 19.2 Å². The number of nitrogens with one attached hydrogen (secondary N) is 1. The zero-order valence-corrected chi connectivity index (χ0v) is 17.6. The molecule has 11 heteroatoms. The van der Waals surface area contributed by atoms with E-state index in [4.69, 9.17) is 4.74 Å². The van der Waals surface area contributed by atoms with Crippen molar-refractivity contribution in [1.82, 2.24) is 14.5 Å². The zero-order chi connectivity index (χ0) is 20.0. The van der Waals surface area contributed by atoms with Crippen molar-refractivity contribution in [2.75, 3.05) is 37.4 Å². The van der Waals surface area contributed by atoms with Gasteiger partial charge in [0.2, 0.25) is 21.1 Å². The first kappa shape index (κ1) is 20.9. The fraction of sp³-hybridized carbons (Fsp3) is 0.353. The van der Waals surface area contributed by atoms with Crippen LogP contribution in [0.1, 0.15) is 12.5 Å². The normalized spacial score (nSPS) is 15.8. The number of amides is 1. The predicted octanol–water partition coefficient (Wildman–Crippen LogP) is 2.32. The number of hydrogen-bond donors (Lipinski definition) is 1. The van der Waals surface area contributed by atoms with E-state index in [9.17, 15) is 13.2 Å². The maximum Gasteiger partial charge on any atom is 0.250 e. The van der Waals surface area contributed by atoms with Gasteiger partial charge < -0.3 is 4.74 Å². The van der Waals surface area contributed by atoms with Crippen LogP contribution in [0, 0.1) is 0 Å². The summed E-state index contributed by atoms with van der Waals surface area (Å²) in [5.41, 5.74) is 0.718. The molecule has 0 aliphatic carbocycles. The number of morpholine rings is 1. The second-order valence-electron chi connectivity index (χ2n) is 5.71. The van der Waals surface area contributed by atoms with E-state index in [1.54, 1.807) is 42.1 Å². The minimum absolute atomic E-state index is 0.228. The van der Waals surface area contributed by atoms with Crippen molar-refractivity contribution in [3.05, 3.63) is 35.9 Å². The molecule has 8 nitrogen and oxygen atoms in total. The van der Waals surface area contributed by atoms with Gasteiger partial charge in [0.25, 0.3) is 0 Å². The van der Waals surface area contributed by atoms with Gasteiger partial charge in [0.1, 0.15) is 0 Å². The number of nitrogens with zero attached hydrogens (tertiary/aromatic N) is 3. The molecular weight excluding hydrogens is 420 g/mol. The van der Waals surface area contributed by atoms with Crippen LogP contribution < -0.4 is 5.32 Å². The average molecular weight is 441 g/mol. The lowest BCUT2D eigenvalue weighted by molar-refractivity contribution is -0.111. The van der Waals surface area contributed by atoms with Crippen molar-refractivity contribution in [1.29, 1.82) is 0 Å². The largest absolute Gasteiger partial charge is 0.379 e. The predicted molar refractivity (Wildman–Crippen MR) is 110 cm³/mol. The minimum Gasteiger partial charge on any atom is -0.379 e. The Bertz CT molecular complexity index is 936. The summed E-state index contributed by atoms with van der Waals surface area (Å²) < 4.78 is 32.6. The number of anilines is 1. The topological polar surface area (TPSA) is 101 Å². The third-order valence-electron chi connectivity index (χ3n) is 3.82. The first-order valence-electron chi connectivity index (χ1n) is 8.62. The molecule has 1 fully saturated rings. The molecule has 1 aliphatic rings. The lowest BCUT2D eigenvalue weighted by Gasteiger charge is -2.26. The molecule has 1 aromatic carbocycles. The molecule has 0 spiro atoms. The standard InChI is InChI=1S/C17H20N4O4S3/c1-2-26-17-20-19-16(27-17)18-15(22)8-5-13-3-6-14(7-4-13)28(23,24)21-9-11-25-12-10-21/h3-8H,2,9-12H2,1H3,(H,18,19,22)/b8-5+. The van der Waals surface area contributed by atoms with Gasteiger partial charge in [-0.15, -0.1) is 10.2 Å². The Hall–Kier alpha value is -1.79. The lowest BCUT2D eigenvalue weighted by atomic mass is 10.2. The highest BCUT2D eigenvalue weighted by Crippen LogP contribution is 2.25. The minimum atomic E-state index is -3.52. The third kappa shape index (κ3) is 5.39. The van der Waals surface area contributed by atoms with Crippen LogP contribution in [-0.2, 0) is 19.6 Å². The van der Waals surface area contributed by atoms with E-state index < -0.39 is 10.0 Å². The number of hydrogen-bond acceptors (Lipinski definition) is 8. The van der Waals surface area contributed by atoms with Gasteiger partial charge in [0.05, 0.1) is 18.1 Å². The average Bonchev–Trinajstić information content (AvgIpc) is 3.14. The maximum absolute atomic E-state index is 12.6. The molecule has 1 aromatic heterocycles. The molecule has 1 amide bonds. The van der Waals surface area contributed by atoms with Crippen molar-refractivity contribution < 1.29 is 17.9 Å². The van der Waals surface area contributed by atoms with Crippen molar-refractivity contribution in [3.63, 3.8) is 0 Å². The molecule has 0 saturated carbocycles. The number of carbonyl (C=O) groups excluding carboxylic acids is 1. The zero-order valence-electron chi connectivity index (χ0n) is 15.2. The van der Waals surface area contributed by atoms with E-state index in [0.29, 0.717) is 31.4 Å². The number of ether oxygens (including phenoxy) is 1. The van der Waals surface area contributed by atoms with Crippen LogP contribution >= 0.6 is 23.1 Å². The Labute approximate surface area is 172 Å². The highest BCUT2D eigenvalue weighted by Gasteiger charge is 2.25. The van der Waals surface area contributed by atoms with E-state index >= 15 is 0 Å². The molecule has 150 valence electrons. The van der Waals surface area contributed by atoms with E-state index in [2.05, 4.69) is 15.5 Å². The molecule has 0 unspecified atom stereocenters. The Balaban J connectivity index is 1.60. The van der Waals surface area contributed by atoms with Gasteiger partial charge in [-0.05, 0) is 29.5 Å². The maximum atomic E-state index is 12.6. The van der Waals surface area contributed by atoms with Crippen molar-refractivity contribution in [2.45, 2.75) is 16.2 Å². The summed E-state index contributed by atoms with van der Waals surface area (Å²) in [7, 11) is -3.52. The fourth-order valence-corrected chi connectivity index (χ4v) is 5.51. The molecule has 28 heavy (non-hydrogen) atoms. The summed E-state index contributed by atoms with van der Waals surface area (Å²) in [6, 6.07) is 6.42. The lowest BCUT2D eigenvalue weighted by Crippen LogP contribution is -2.40. The quantitative estimate of drug-likeness (QED) is 0.400. The molecule has 1 saturated heterocycles. The molecule has 3 rings (SSSR count). The van der Waals surface area contributed by atoms with Gasteiger partial charge in [-0.1, -0.05) is 42.2 Å². The van der Waals surface area contributed by atoms with Gasteiger partial charge in [-0.3, -0.25) is 10.1 Å². The molecule has 2 aromatic rings. The summed E-state index contributed by atoms with van der Waals surface area (Å²) >= 11 is 2.88. The second kappa shape index (κ2) is 9.61. The highest BCUT2D eigenvalue weighted by atomic mass is 32.2. The van der Waals surface area contributed by atoms with Gasteiger partial charge in [-0.2, -0.15) is 4.31 Å². The summed E-state index contributed by atoms with van der Waals surface area (Å²) in [5.74, 6) is 0.564. The van der Waals surface area contributed by atoms with Gasteiger partial charge in [-0.25, -0.2) is 8.42 Å². The van der Waals surface area contributed by atoms with Gasteiger partial charge in [0.15, 0.2) is 4.34 Å². The number of thioether (sulfide) groups is 1.